The monoisotopic (exact) mass is 330 g/mol. The molecule has 5 nitrogen and oxygen atoms in total. The minimum Gasteiger partial charge on any atom is -0.366 e. The molecule has 3 N–H and O–H groups in total. The summed E-state index contributed by atoms with van der Waals surface area (Å²) < 4.78 is 9.67. The second kappa shape index (κ2) is 8.79. The fourth-order valence-corrected chi connectivity index (χ4v) is 6.09. The maximum Gasteiger partial charge on any atom is 0.698 e. The lowest BCUT2D eigenvalue weighted by molar-refractivity contribution is -0.189. The Kier molecular flexibility index (Phi) is 7.74. The van der Waals surface area contributed by atoms with Gasteiger partial charge in [0, 0.05) is 0 Å². The fraction of sp³-hybridized carbons (Fsp3) is 0.571. The van der Waals surface area contributed by atoms with Crippen molar-refractivity contribution in [3.05, 3.63) is 35.9 Å². The molecule has 0 aliphatic carbocycles. The Morgan fingerprint density at radius 2 is 1.62 bits per heavy atom. The van der Waals surface area contributed by atoms with Crippen LogP contribution < -0.4 is 0 Å². The number of hydrogen-bond acceptors (Lipinski definition) is 5. The van der Waals surface area contributed by atoms with Gasteiger partial charge in [-0.25, -0.2) is 4.58 Å². The summed E-state index contributed by atoms with van der Waals surface area (Å²) in [7, 11) is -6.75. The van der Waals surface area contributed by atoms with Gasteiger partial charge in [0.25, 0.3) is 0 Å². The van der Waals surface area contributed by atoms with E-state index in [-0.39, 0.29) is 0 Å². The zero-order chi connectivity index (χ0) is 15.8. The Balaban J connectivity index is 2.36. The molecule has 0 saturated carbocycles. The molecule has 1 atom stereocenters. The molecule has 0 fully saturated rings. The van der Waals surface area contributed by atoms with Crippen LogP contribution in [0.4, 0.5) is 0 Å². The number of benzene rings is 1. The highest BCUT2D eigenvalue weighted by Crippen LogP contribution is 2.23. The first kappa shape index (κ1) is 18.5. The van der Waals surface area contributed by atoms with E-state index in [1.165, 1.54) is 5.56 Å². The van der Waals surface area contributed by atoms with Crippen molar-refractivity contribution in [1.82, 2.24) is 0 Å². The smallest absolute Gasteiger partial charge is 0.366 e. The molecule has 1 aromatic carbocycles. The quantitative estimate of drug-likeness (QED) is 0.266. The van der Waals surface area contributed by atoms with Crippen molar-refractivity contribution >= 4 is 17.4 Å². The van der Waals surface area contributed by atoms with E-state index in [4.69, 9.17) is 19.0 Å². The number of hydrogen-bond donors (Lipinski definition) is 3. The largest absolute Gasteiger partial charge is 0.698 e. The zero-order valence-electron chi connectivity index (χ0n) is 12.8. The van der Waals surface area contributed by atoms with Gasteiger partial charge in [0.1, 0.15) is 0 Å². The van der Waals surface area contributed by atoms with Crippen LogP contribution in [0.25, 0.3) is 0 Å². The minimum absolute atomic E-state index is 0.864. The van der Waals surface area contributed by atoms with E-state index >= 15 is 0 Å². The molecular formula is C14H26O5Si2. The van der Waals surface area contributed by atoms with Crippen LogP contribution in [0.1, 0.15) is 31.7 Å². The van der Waals surface area contributed by atoms with Crippen LogP contribution in [-0.2, 0) is 15.6 Å². The molecule has 0 bridgehead atoms. The number of aryl methyl sites for hydroxylation is 1. The molecule has 7 heteroatoms. The van der Waals surface area contributed by atoms with Gasteiger partial charge in [-0.15, -0.1) is 0 Å². The highest BCUT2D eigenvalue weighted by molar-refractivity contribution is 6.72. The Bertz CT molecular complexity index is 396. The molecule has 0 radical (unpaired) electrons. The Morgan fingerprint density at radius 1 is 0.952 bits per heavy atom. The van der Waals surface area contributed by atoms with Gasteiger partial charge < -0.3 is 14.4 Å². The summed E-state index contributed by atoms with van der Waals surface area (Å²) in [6.07, 6.45) is 4.02. The average molecular weight is 331 g/mol. The molecule has 21 heavy (non-hydrogen) atoms. The van der Waals surface area contributed by atoms with E-state index in [1.54, 1.807) is 0 Å². The molecule has 0 aliphatic heterocycles. The van der Waals surface area contributed by atoms with Crippen LogP contribution in [-0.4, -0.2) is 31.8 Å². The summed E-state index contributed by atoms with van der Waals surface area (Å²) in [5, 5.41) is 0. The summed E-state index contributed by atoms with van der Waals surface area (Å²) in [6, 6.07) is 12.1. The molecule has 120 valence electrons. The Morgan fingerprint density at radius 3 is 2.19 bits per heavy atom. The summed E-state index contributed by atoms with van der Waals surface area (Å²) >= 11 is 0. The molecule has 1 unspecified atom stereocenters. The lowest BCUT2D eigenvalue weighted by Gasteiger charge is -2.26. The van der Waals surface area contributed by atoms with E-state index in [0.717, 1.165) is 37.8 Å². The van der Waals surface area contributed by atoms with Gasteiger partial charge in [-0.1, -0.05) is 50.1 Å². The fourth-order valence-electron chi connectivity index (χ4n) is 2.37. The molecule has 1 aromatic rings. The SMILES string of the molecule is CCC[Si](C)(CCCCc1ccccc1)OO[Si](O)(O)O. The van der Waals surface area contributed by atoms with Gasteiger partial charge in [-0.05, 0) is 37.0 Å². The normalized spacial score (nSPS) is 14.9. The molecule has 0 aliphatic rings. The standard InChI is InChI=1S/C14H26O5Si2/c1-3-12-20(2,18-19-21(15,16)17)13-8-7-11-14-9-5-4-6-10-14/h4-6,9-10,15-17H,3,7-8,11-13H2,1-2H3. The Hall–Kier alpha value is -0.546. The van der Waals surface area contributed by atoms with Crippen LogP contribution >= 0.6 is 0 Å². The van der Waals surface area contributed by atoms with Crippen LogP contribution in [0.15, 0.2) is 30.3 Å². The second-order valence-corrected chi connectivity index (χ2v) is 11.0. The maximum atomic E-state index is 8.89. The van der Waals surface area contributed by atoms with Crippen molar-refractivity contribution in [2.24, 2.45) is 0 Å². The highest BCUT2D eigenvalue weighted by atomic mass is 28.4. The van der Waals surface area contributed by atoms with Crippen LogP contribution in [0, 0.1) is 0 Å². The molecule has 0 spiro atoms. The van der Waals surface area contributed by atoms with Crippen molar-refractivity contribution in [3.8, 4) is 0 Å². The van der Waals surface area contributed by atoms with Gasteiger partial charge in [-0.2, -0.15) is 0 Å². The van der Waals surface area contributed by atoms with Gasteiger partial charge in [0.15, 0.2) is 0 Å². The minimum atomic E-state index is -4.58. The van der Waals surface area contributed by atoms with Crippen molar-refractivity contribution in [2.45, 2.75) is 51.2 Å². The molecule has 0 heterocycles. The Labute approximate surface area is 128 Å². The van der Waals surface area contributed by atoms with E-state index in [2.05, 4.69) is 23.6 Å². The predicted octanol–water partition coefficient (Wildman–Crippen LogP) is 2.36. The summed E-state index contributed by atoms with van der Waals surface area (Å²) in [5.74, 6) is 0. The number of unbranched alkanes of at least 4 members (excludes halogenated alkanes) is 1. The average Bonchev–Trinajstić information content (AvgIpc) is 2.43. The van der Waals surface area contributed by atoms with Gasteiger partial charge in [0.2, 0.25) is 8.32 Å². The maximum absolute atomic E-state index is 8.89. The lowest BCUT2D eigenvalue weighted by atomic mass is 10.1. The van der Waals surface area contributed by atoms with Crippen LogP contribution in [0.2, 0.25) is 18.6 Å². The summed E-state index contributed by atoms with van der Waals surface area (Å²) in [6.45, 7) is 4.05. The summed E-state index contributed by atoms with van der Waals surface area (Å²) in [4.78, 5) is 26.7. The zero-order valence-corrected chi connectivity index (χ0v) is 14.8. The van der Waals surface area contributed by atoms with Crippen molar-refractivity contribution in [3.63, 3.8) is 0 Å². The first-order valence-corrected chi connectivity index (χ1v) is 12.0. The first-order chi connectivity index (χ1) is 9.85. The predicted molar refractivity (Wildman–Crippen MR) is 85.5 cm³/mol. The molecule has 0 amide bonds. The summed E-state index contributed by atoms with van der Waals surface area (Å²) in [5.41, 5.74) is 1.32. The lowest BCUT2D eigenvalue weighted by Crippen LogP contribution is -2.45. The van der Waals surface area contributed by atoms with Crippen molar-refractivity contribution in [1.29, 1.82) is 0 Å². The molecule has 0 saturated heterocycles. The molecule has 1 rings (SSSR count). The number of rotatable bonds is 10. The first-order valence-electron chi connectivity index (χ1n) is 7.42. The van der Waals surface area contributed by atoms with E-state index in [0.29, 0.717) is 0 Å². The van der Waals surface area contributed by atoms with Crippen LogP contribution in [0.3, 0.4) is 0 Å². The highest BCUT2D eigenvalue weighted by Gasteiger charge is 2.38. The van der Waals surface area contributed by atoms with Gasteiger partial charge in [-0.3, -0.25) is 4.58 Å². The second-order valence-electron chi connectivity index (χ2n) is 5.63. The van der Waals surface area contributed by atoms with Crippen molar-refractivity contribution in [2.75, 3.05) is 0 Å². The van der Waals surface area contributed by atoms with Crippen molar-refractivity contribution < 1.29 is 23.5 Å². The topological polar surface area (TPSA) is 79.2 Å². The van der Waals surface area contributed by atoms with Crippen LogP contribution in [0.5, 0.6) is 0 Å². The van der Waals surface area contributed by atoms with E-state index in [1.807, 2.05) is 24.7 Å². The molecule has 0 aromatic heterocycles. The molecular weight excluding hydrogens is 304 g/mol. The third-order valence-electron chi connectivity index (χ3n) is 3.40. The third-order valence-corrected chi connectivity index (χ3v) is 7.33. The van der Waals surface area contributed by atoms with Gasteiger partial charge in [0.05, 0.1) is 0 Å². The van der Waals surface area contributed by atoms with Gasteiger partial charge >= 0.3 is 9.05 Å². The van der Waals surface area contributed by atoms with E-state index in [9.17, 15) is 0 Å². The third kappa shape index (κ3) is 8.47. The van der Waals surface area contributed by atoms with E-state index < -0.39 is 17.4 Å².